The van der Waals surface area contributed by atoms with Crippen LogP contribution in [0.1, 0.15) is 82.0 Å². The number of hydrogen-bond acceptors (Lipinski definition) is 15. The molecule has 314 valence electrons. The zero-order valence-electron chi connectivity index (χ0n) is 33.0. The van der Waals surface area contributed by atoms with Gasteiger partial charge < -0.3 is 37.2 Å². The summed E-state index contributed by atoms with van der Waals surface area (Å²) >= 11 is 0. The second kappa shape index (κ2) is 22.0. The van der Waals surface area contributed by atoms with Gasteiger partial charge in [0.15, 0.2) is 0 Å². The molecule has 7 N–H and O–H groups in total. The third-order valence-electron chi connectivity index (χ3n) is 10.5. The number of anilines is 2. The van der Waals surface area contributed by atoms with Crippen molar-refractivity contribution in [2.75, 3.05) is 43.4 Å². The molecule has 4 aromatic rings. The first kappa shape index (κ1) is 42.3. The number of para-hydroxylation sites is 1. The fourth-order valence-corrected chi connectivity index (χ4v) is 7.28. The van der Waals surface area contributed by atoms with Crippen molar-refractivity contribution in [3.05, 3.63) is 48.0 Å². The Balaban J connectivity index is 0.885. The van der Waals surface area contributed by atoms with Gasteiger partial charge in [-0.15, -0.1) is 10.2 Å². The van der Waals surface area contributed by atoms with Crippen molar-refractivity contribution in [3.8, 4) is 0 Å². The molecule has 4 heterocycles. The molecule has 0 bridgehead atoms. The van der Waals surface area contributed by atoms with Crippen LogP contribution in [-0.4, -0.2) is 113 Å². The second-order valence-corrected chi connectivity index (χ2v) is 15.0. The van der Waals surface area contributed by atoms with Crippen molar-refractivity contribution < 1.29 is 23.9 Å². The first-order valence-corrected chi connectivity index (χ1v) is 20.4. The molecule has 1 saturated heterocycles. The van der Waals surface area contributed by atoms with Gasteiger partial charge in [-0.1, -0.05) is 41.8 Å². The van der Waals surface area contributed by atoms with Crippen LogP contribution < -0.4 is 32.3 Å². The van der Waals surface area contributed by atoms with Crippen molar-refractivity contribution in [1.82, 2.24) is 60.8 Å². The van der Waals surface area contributed by atoms with Gasteiger partial charge in [-0.2, -0.15) is 4.98 Å². The average Bonchev–Trinajstić information content (AvgIpc) is 3.91. The van der Waals surface area contributed by atoms with Crippen LogP contribution in [0.3, 0.4) is 0 Å². The zero-order valence-corrected chi connectivity index (χ0v) is 33.0. The van der Waals surface area contributed by atoms with E-state index in [0.717, 1.165) is 79.0 Å². The van der Waals surface area contributed by atoms with Crippen molar-refractivity contribution in [1.29, 1.82) is 0 Å². The van der Waals surface area contributed by atoms with Crippen LogP contribution in [0.2, 0.25) is 0 Å². The molecule has 20 heteroatoms. The molecule has 2 aliphatic rings. The predicted octanol–water partition coefficient (Wildman–Crippen LogP) is 1.97. The maximum atomic E-state index is 13.0. The zero-order chi connectivity index (χ0) is 40.5. The van der Waals surface area contributed by atoms with Gasteiger partial charge in [-0.25, -0.2) is 14.5 Å². The van der Waals surface area contributed by atoms with Crippen LogP contribution in [0.15, 0.2) is 36.7 Å². The molecule has 2 amide bonds. The minimum atomic E-state index is -1.12. The summed E-state index contributed by atoms with van der Waals surface area (Å²) in [7, 11) is 0. The van der Waals surface area contributed by atoms with Crippen molar-refractivity contribution in [2.45, 2.75) is 115 Å². The number of piperidine rings is 1. The van der Waals surface area contributed by atoms with Gasteiger partial charge in [-0.05, 0) is 76.7 Å². The van der Waals surface area contributed by atoms with E-state index in [1.54, 1.807) is 4.90 Å². The lowest BCUT2D eigenvalue weighted by Crippen LogP contribution is -2.44. The van der Waals surface area contributed by atoms with Gasteiger partial charge in [0.25, 0.3) is 0 Å². The number of nitrogens with zero attached hydrogens (tertiary/aromatic N) is 9. The summed E-state index contributed by atoms with van der Waals surface area (Å²) in [5.74, 6) is -0.434. The third kappa shape index (κ3) is 13.1. The molecule has 0 radical (unpaired) electrons. The number of amides is 2. The lowest BCUT2D eigenvalue weighted by molar-refractivity contribution is -0.184. The van der Waals surface area contributed by atoms with Crippen LogP contribution in [-0.2, 0) is 45.5 Å². The highest BCUT2D eigenvalue weighted by molar-refractivity contribution is 5.90. The van der Waals surface area contributed by atoms with Crippen LogP contribution in [0, 0.1) is 0 Å². The number of carbonyl (C=O) groups excluding carboxylic acids is 3. The smallest absolute Gasteiger partial charge is 0.367 e. The van der Waals surface area contributed by atoms with E-state index in [1.807, 2.05) is 35.1 Å². The molecule has 1 aliphatic heterocycles. The third-order valence-corrected chi connectivity index (χ3v) is 10.5. The van der Waals surface area contributed by atoms with E-state index in [0.29, 0.717) is 37.3 Å². The number of carbonyl (C=O) groups is 3. The van der Waals surface area contributed by atoms with E-state index in [-0.39, 0.29) is 31.3 Å². The van der Waals surface area contributed by atoms with Crippen molar-refractivity contribution in [3.63, 3.8) is 0 Å². The summed E-state index contributed by atoms with van der Waals surface area (Å²) < 4.78 is 14.9. The molecule has 1 saturated carbocycles. The Kier molecular flexibility index (Phi) is 16.0. The Bertz CT molecular complexity index is 1910. The van der Waals surface area contributed by atoms with Crippen LogP contribution in [0.25, 0.3) is 10.9 Å². The molecule has 1 atom stereocenters. The Morgan fingerprint density at radius 1 is 0.879 bits per heavy atom. The molecule has 1 aliphatic carbocycles. The summed E-state index contributed by atoms with van der Waals surface area (Å²) in [5, 5.41) is 33.8. The van der Waals surface area contributed by atoms with E-state index >= 15 is 0 Å². The fraction of sp³-hybridized carbons (Fsp3) is 0.605. The number of likely N-dealkylation sites (tertiary alicyclic amines) is 1. The van der Waals surface area contributed by atoms with E-state index < -0.39 is 24.5 Å². The van der Waals surface area contributed by atoms with Gasteiger partial charge in [-0.3, -0.25) is 19.2 Å². The maximum absolute atomic E-state index is 13.0. The fourth-order valence-electron chi connectivity index (χ4n) is 7.28. The quantitative estimate of drug-likeness (QED) is 0.0623. The number of hydrogen-bond donors (Lipinski definition) is 6. The molecule has 6 rings (SSSR count). The van der Waals surface area contributed by atoms with Crippen LogP contribution >= 0.6 is 0 Å². The number of nitrogens with one attached hydrogen (secondary N) is 5. The monoisotopic (exact) mass is 805 g/mol. The molecule has 1 aromatic carbocycles. The molecular formula is C38H56FN15O4. The molecule has 0 spiro atoms. The lowest BCUT2D eigenvalue weighted by atomic mass is 9.95. The molecule has 0 unspecified atom stereocenters. The number of nitrogens with two attached hydrogens (primary N) is 1. The van der Waals surface area contributed by atoms with Crippen LogP contribution in [0.4, 0.5) is 16.3 Å². The van der Waals surface area contributed by atoms with Gasteiger partial charge in [0.05, 0.1) is 37.0 Å². The van der Waals surface area contributed by atoms with Gasteiger partial charge >= 0.3 is 5.97 Å². The molecular weight excluding hydrogens is 750 g/mol. The van der Waals surface area contributed by atoms with Crippen LogP contribution in [0.5, 0.6) is 0 Å². The molecule has 3 aromatic heterocycles. The maximum Gasteiger partial charge on any atom is 0.370 e. The Hall–Kier alpha value is -5.34. The average molecular weight is 806 g/mol. The van der Waals surface area contributed by atoms with E-state index in [2.05, 4.69) is 52.1 Å². The van der Waals surface area contributed by atoms with E-state index in [9.17, 15) is 18.9 Å². The Morgan fingerprint density at radius 2 is 1.62 bits per heavy atom. The number of aryl methyl sites for hydroxylation is 1. The van der Waals surface area contributed by atoms with E-state index in [4.69, 9.17) is 15.7 Å². The molecule has 19 nitrogen and oxygen atoms in total. The summed E-state index contributed by atoms with van der Waals surface area (Å²) in [5.41, 5.74) is 8.02. The van der Waals surface area contributed by atoms with E-state index in [1.165, 1.54) is 38.3 Å². The molecule has 58 heavy (non-hydrogen) atoms. The number of halogens is 1. The van der Waals surface area contributed by atoms with Crippen molar-refractivity contribution >= 4 is 40.5 Å². The minimum Gasteiger partial charge on any atom is -0.367 e. The molecule has 2 fully saturated rings. The predicted molar refractivity (Wildman–Crippen MR) is 213 cm³/mol. The first-order chi connectivity index (χ1) is 28.3. The number of benzene rings is 1. The Labute approximate surface area is 336 Å². The lowest BCUT2D eigenvalue weighted by Gasteiger charge is -2.33. The largest absolute Gasteiger partial charge is 0.370 e. The highest BCUT2D eigenvalue weighted by Gasteiger charge is 2.25. The minimum absolute atomic E-state index is 0.00482. The highest BCUT2D eigenvalue weighted by atomic mass is 19.3. The topological polar surface area (TPSA) is 237 Å². The van der Waals surface area contributed by atoms with Gasteiger partial charge in [0, 0.05) is 48.1 Å². The summed E-state index contributed by atoms with van der Waals surface area (Å²) in [6.07, 6.45) is 13.9. The van der Waals surface area contributed by atoms with Gasteiger partial charge in [0.1, 0.15) is 23.8 Å². The SMILES string of the molecule is N[C@@H](CCC(=O)N1CCC(Nc2nc(NCc3cn(CCCNCCCNC4CCCCC4)nn3)nc3ccccc23)CC1)C(=O)NCc1cn(CC(=O)OF)nn1. The normalized spacial score (nSPS) is 15.7. The number of aromatic nitrogens is 8. The summed E-state index contributed by atoms with van der Waals surface area (Å²) in [6, 6.07) is 7.76. The Morgan fingerprint density at radius 3 is 2.43 bits per heavy atom. The van der Waals surface area contributed by atoms with Gasteiger partial charge in [0.2, 0.25) is 17.8 Å². The number of rotatable bonds is 22. The summed E-state index contributed by atoms with van der Waals surface area (Å²) in [6.45, 7) is 4.91. The first-order valence-electron chi connectivity index (χ1n) is 20.4. The highest BCUT2D eigenvalue weighted by Crippen LogP contribution is 2.25. The standard InChI is InChI=1S/C38H56FN15O4/c39-58-35(56)26-54-25-29(49-51-54)22-43-37(57)32(40)12-13-34(55)52-20-14-28(15-21-52)45-36-31-10-4-5-11-33(31)46-38(47-36)44-23-30-24-53(50-48-30)19-7-17-41-16-6-18-42-27-8-2-1-3-9-27/h4-5,10-11,24-25,27-28,32,41-42H,1-3,6-9,12-23,26,40H2,(H,43,57)(H2,44,45,46,47)/t32-/m0/s1. The second-order valence-electron chi connectivity index (χ2n) is 15.0. The summed E-state index contributed by atoms with van der Waals surface area (Å²) in [4.78, 5) is 51.1. The number of fused-ring (bicyclic) bond motifs is 1. The van der Waals surface area contributed by atoms with Crippen molar-refractivity contribution in [2.24, 2.45) is 5.73 Å².